The lowest BCUT2D eigenvalue weighted by molar-refractivity contribution is 0.101. The summed E-state index contributed by atoms with van der Waals surface area (Å²) in [6.07, 6.45) is 0. The van der Waals surface area contributed by atoms with Gasteiger partial charge in [0.05, 0.1) is 5.69 Å². The number of hydrogen-bond donors (Lipinski definition) is 0. The average Bonchev–Trinajstić information content (AvgIpc) is 2.38. The Hall–Kier alpha value is -1.61. The number of rotatable bonds is 3. The molecule has 0 N–H and O–H groups in total. The van der Waals surface area contributed by atoms with E-state index in [0.717, 1.165) is 21.4 Å². The molecule has 2 aromatic carbocycles. The number of Topliss-reactive ketones (excluding diaryl/α,β-unsaturated/α-hetero) is 1. The fraction of sp³-hybridized carbons (Fsp3) is 0.133. The molecule has 0 saturated carbocycles. The van der Waals surface area contributed by atoms with Crippen LogP contribution in [0.2, 0.25) is 0 Å². The van der Waals surface area contributed by atoms with E-state index in [0.29, 0.717) is 0 Å². The van der Waals surface area contributed by atoms with E-state index in [9.17, 15) is 4.79 Å². The van der Waals surface area contributed by atoms with Crippen LogP contribution in [0, 0.1) is 0 Å². The molecule has 3 heteroatoms. The Kier molecular flexibility index (Phi) is 3.82. The Labute approximate surface area is 115 Å². The molecule has 0 atom stereocenters. The number of hydrogen-bond acceptors (Lipinski definition) is 2. The fourth-order valence-electron chi connectivity index (χ4n) is 1.87. The Balaban J connectivity index is 2.50. The van der Waals surface area contributed by atoms with Crippen molar-refractivity contribution < 1.29 is 4.79 Å². The normalized spacial score (nSPS) is 10.2. The summed E-state index contributed by atoms with van der Waals surface area (Å²) >= 11 is 3.45. The van der Waals surface area contributed by atoms with Crippen molar-refractivity contribution in [2.45, 2.75) is 6.92 Å². The van der Waals surface area contributed by atoms with E-state index >= 15 is 0 Å². The zero-order valence-corrected chi connectivity index (χ0v) is 11.9. The van der Waals surface area contributed by atoms with Crippen LogP contribution >= 0.6 is 15.9 Å². The number of benzene rings is 2. The molecule has 0 saturated heterocycles. The Morgan fingerprint density at radius 2 is 1.78 bits per heavy atom. The van der Waals surface area contributed by atoms with E-state index in [2.05, 4.69) is 15.9 Å². The average molecular weight is 304 g/mol. The van der Waals surface area contributed by atoms with E-state index in [1.165, 1.54) is 0 Å². The van der Waals surface area contributed by atoms with Gasteiger partial charge in [-0.25, -0.2) is 0 Å². The van der Waals surface area contributed by atoms with Crippen molar-refractivity contribution in [1.82, 2.24) is 0 Å². The zero-order valence-electron chi connectivity index (χ0n) is 10.4. The van der Waals surface area contributed by atoms with Gasteiger partial charge in [0.1, 0.15) is 0 Å². The minimum absolute atomic E-state index is 0.0697. The minimum atomic E-state index is 0.0697. The van der Waals surface area contributed by atoms with Gasteiger partial charge in [-0.3, -0.25) is 4.79 Å². The van der Waals surface area contributed by atoms with Crippen molar-refractivity contribution in [3.05, 3.63) is 58.6 Å². The first kappa shape index (κ1) is 12.8. The molecule has 2 nitrogen and oxygen atoms in total. The Morgan fingerprint density at radius 1 is 1.11 bits per heavy atom. The van der Waals surface area contributed by atoms with Crippen LogP contribution in [0.5, 0.6) is 0 Å². The molecule has 0 aromatic heterocycles. The number of para-hydroxylation sites is 1. The third-order valence-electron chi connectivity index (χ3n) is 2.84. The summed E-state index contributed by atoms with van der Waals surface area (Å²) in [6, 6.07) is 15.7. The number of ketones is 1. The maximum Gasteiger partial charge on any atom is 0.161 e. The summed E-state index contributed by atoms with van der Waals surface area (Å²) < 4.78 is 0.963. The van der Waals surface area contributed by atoms with E-state index < -0.39 is 0 Å². The van der Waals surface area contributed by atoms with Gasteiger partial charge in [0.25, 0.3) is 0 Å². The molecule has 0 unspecified atom stereocenters. The van der Waals surface area contributed by atoms with Gasteiger partial charge < -0.3 is 4.90 Å². The molecule has 0 radical (unpaired) electrons. The summed E-state index contributed by atoms with van der Waals surface area (Å²) in [5.41, 5.74) is 2.69. The van der Waals surface area contributed by atoms with E-state index in [-0.39, 0.29) is 5.78 Å². The molecule has 2 aromatic rings. The molecular weight excluding hydrogens is 290 g/mol. The van der Waals surface area contributed by atoms with Gasteiger partial charge in [-0.2, -0.15) is 0 Å². The molecule has 2 rings (SSSR count). The van der Waals surface area contributed by atoms with Crippen molar-refractivity contribution in [1.29, 1.82) is 0 Å². The predicted octanol–water partition coefficient (Wildman–Crippen LogP) is 4.42. The van der Waals surface area contributed by atoms with Crippen LogP contribution < -0.4 is 4.90 Å². The van der Waals surface area contributed by atoms with Crippen LogP contribution in [0.4, 0.5) is 11.4 Å². The molecule has 0 amide bonds. The highest BCUT2D eigenvalue weighted by Gasteiger charge is 2.12. The maximum atomic E-state index is 11.7. The van der Waals surface area contributed by atoms with Crippen LogP contribution in [0.25, 0.3) is 0 Å². The van der Waals surface area contributed by atoms with Crippen LogP contribution in [0.15, 0.2) is 53.0 Å². The molecule has 0 heterocycles. The molecule has 0 aliphatic rings. The number of nitrogens with zero attached hydrogens (tertiary/aromatic N) is 1. The molecular formula is C15H14BrNO. The zero-order chi connectivity index (χ0) is 13.1. The highest BCUT2D eigenvalue weighted by Crippen LogP contribution is 2.30. The lowest BCUT2D eigenvalue weighted by Gasteiger charge is -2.22. The number of anilines is 2. The lowest BCUT2D eigenvalue weighted by Crippen LogP contribution is -2.13. The van der Waals surface area contributed by atoms with Gasteiger partial charge >= 0.3 is 0 Å². The van der Waals surface area contributed by atoms with Crippen LogP contribution in [0.3, 0.4) is 0 Å². The van der Waals surface area contributed by atoms with Crippen molar-refractivity contribution in [3.63, 3.8) is 0 Å². The van der Waals surface area contributed by atoms with Crippen molar-refractivity contribution in [2.75, 3.05) is 11.9 Å². The van der Waals surface area contributed by atoms with E-state index in [1.807, 2.05) is 60.5 Å². The molecule has 0 fully saturated rings. The monoisotopic (exact) mass is 303 g/mol. The van der Waals surface area contributed by atoms with Gasteiger partial charge in [-0.15, -0.1) is 0 Å². The molecule has 0 aliphatic carbocycles. The highest BCUT2D eigenvalue weighted by atomic mass is 79.9. The summed E-state index contributed by atoms with van der Waals surface area (Å²) in [5.74, 6) is 0.0697. The topological polar surface area (TPSA) is 20.3 Å². The van der Waals surface area contributed by atoms with E-state index in [1.54, 1.807) is 6.92 Å². The first-order valence-corrected chi connectivity index (χ1v) is 6.48. The van der Waals surface area contributed by atoms with Crippen LogP contribution in [0.1, 0.15) is 17.3 Å². The van der Waals surface area contributed by atoms with E-state index in [4.69, 9.17) is 0 Å². The summed E-state index contributed by atoms with van der Waals surface area (Å²) in [4.78, 5) is 13.7. The summed E-state index contributed by atoms with van der Waals surface area (Å²) in [6.45, 7) is 1.59. The van der Waals surface area contributed by atoms with Gasteiger partial charge in [-0.1, -0.05) is 34.1 Å². The minimum Gasteiger partial charge on any atom is -0.344 e. The van der Waals surface area contributed by atoms with Crippen molar-refractivity contribution >= 4 is 33.1 Å². The first-order valence-electron chi connectivity index (χ1n) is 5.69. The van der Waals surface area contributed by atoms with Gasteiger partial charge in [-0.05, 0) is 37.3 Å². The number of carbonyl (C=O) groups excluding carboxylic acids is 1. The van der Waals surface area contributed by atoms with Gasteiger partial charge in [0, 0.05) is 22.8 Å². The third kappa shape index (κ3) is 2.62. The van der Waals surface area contributed by atoms with Crippen molar-refractivity contribution in [3.8, 4) is 0 Å². The number of carbonyl (C=O) groups is 1. The second kappa shape index (κ2) is 5.36. The van der Waals surface area contributed by atoms with Gasteiger partial charge in [0.15, 0.2) is 5.78 Å². The molecule has 0 bridgehead atoms. The second-order valence-electron chi connectivity index (χ2n) is 4.11. The molecule has 0 aliphatic heterocycles. The summed E-state index contributed by atoms with van der Waals surface area (Å²) in [7, 11) is 1.96. The fourth-order valence-corrected chi connectivity index (χ4v) is 2.22. The van der Waals surface area contributed by atoms with Crippen molar-refractivity contribution in [2.24, 2.45) is 0 Å². The first-order chi connectivity index (χ1) is 8.59. The standard InChI is InChI=1S/C15H14BrNO/c1-11(18)14-9-8-12(16)10-15(14)17(2)13-6-4-3-5-7-13/h3-10H,1-2H3. The summed E-state index contributed by atoms with van der Waals surface area (Å²) in [5, 5.41) is 0. The van der Waals surface area contributed by atoms with Gasteiger partial charge in [0.2, 0.25) is 0 Å². The Morgan fingerprint density at radius 3 is 2.39 bits per heavy atom. The third-order valence-corrected chi connectivity index (χ3v) is 3.34. The molecule has 92 valence electrons. The number of halogens is 1. The smallest absolute Gasteiger partial charge is 0.161 e. The largest absolute Gasteiger partial charge is 0.344 e. The lowest BCUT2D eigenvalue weighted by atomic mass is 10.1. The second-order valence-corrected chi connectivity index (χ2v) is 5.03. The molecule has 0 spiro atoms. The SMILES string of the molecule is CC(=O)c1ccc(Br)cc1N(C)c1ccccc1. The molecule has 18 heavy (non-hydrogen) atoms. The van der Waals surface area contributed by atoms with Crippen LogP contribution in [-0.4, -0.2) is 12.8 Å². The quantitative estimate of drug-likeness (QED) is 0.782. The highest BCUT2D eigenvalue weighted by molar-refractivity contribution is 9.10. The Bertz CT molecular complexity index is 566. The maximum absolute atomic E-state index is 11.7. The predicted molar refractivity (Wildman–Crippen MR) is 78.7 cm³/mol. The van der Waals surface area contributed by atoms with Crippen LogP contribution in [-0.2, 0) is 0 Å².